The molecule has 1 heterocycles. The van der Waals surface area contributed by atoms with Crippen LogP contribution in [-0.2, 0) is 6.42 Å². The fourth-order valence-corrected chi connectivity index (χ4v) is 3.39. The number of fused-ring (bicyclic) bond motifs is 1. The second kappa shape index (κ2) is 7.75. The number of thioether (sulfide) groups is 1. The molecule has 0 radical (unpaired) electrons. The molecule has 1 aromatic heterocycles. The van der Waals surface area contributed by atoms with Gasteiger partial charge in [0.05, 0.1) is 0 Å². The predicted octanol–water partition coefficient (Wildman–Crippen LogP) is 5.34. The van der Waals surface area contributed by atoms with Crippen LogP contribution in [0.4, 0.5) is 6.01 Å². The summed E-state index contributed by atoms with van der Waals surface area (Å²) in [6, 6.07) is 17.7. The zero-order valence-corrected chi connectivity index (χ0v) is 15.3. The zero-order chi connectivity index (χ0) is 16.9. The molecule has 0 amide bonds. The molecule has 1 N–H and O–H groups in total. The van der Waals surface area contributed by atoms with Crippen LogP contribution in [0.2, 0.25) is 0 Å². The highest BCUT2D eigenvalue weighted by molar-refractivity contribution is 7.98. The number of hydrogen-bond donors (Lipinski definition) is 1. The molecule has 0 aliphatic heterocycles. The van der Waals surface area contributed by atoms with E-state index in [9.17, 15) is 0 Å². The van der Waals surface area contributed by atoms with Crippen molar-refractivity contribution in [2.45, 2.75) is 32.2 Å². The van der Waals surface area contributed by atoms with E-state index < -0.39 is 0 Å². The molecule has 3 rings (SSSR count). The van der Waals surface area contributed by atoms with Crippen LogP contribution in [0.5, 0.6) is 0 Å². The van der Waals surface area contributed by atoms with Gasteiger partial charge in [0, 0.05) is 11.8 Å². The average molecular weight is 340 g/mol. The van der Waals surface area contributed by atoms with Crippen LogP contribution >= 0.6 is 11.8 Å². The van der Waals surface area contributed by atoms with Gasteiger partial charge in [0.1, 0.15) is 5.52 Å². The molecule has 126 valence electrons. The highest BCUT2D eigenvalue weighted by Crippen LogP contribution is 2.24. The normalized spacial score (nSPS) is 12.7. The standard InChI is InChI=1S/C20H24N2OS/c1-14(2)16-9-10-19-18(12-16)22-20(23-19)21-17(13-24-3)11-15-7-5-4-6-8-15/h4-10,12,14,17H,11,13H2,1-3H3,(H,21,22). The second-order valence-corrected chi connectivity index (χ2v) is 7.30. The Kier molecular flexibility index (Phi) is 5.46. The van der Waals surface area contributed by atoms with Gasteiger partial charge >= 0.3 is 0 Å². The Labute approximate surface area is 147 Å². The van der Waals surface area contributed by atoms with Crippen LogP contribution in [-0.4, -0.2) is 23.0 Å². The van der Waals surface area contributed by atoms with Crippen molar-refractivity contribution in [3.63, 3.8) is 0 Å². The molecule has 1 atom stereocenters. The predicted molar refractivity (Wildman–Crippen MR) is 104 cm³/mol. The molecule has 0 saturated carbocycles. The Bertz CT molecular complexity index is 783. The molecule has 4 heteroatoms. The Morgan fingerprint density at radius 1 is 1.12 bits per heavy atom. The number of nitrogens with zero attached hydrogens (tertiary/aromatic N) is 1. The van der Waals surface area contributed by atoms with Crippen molar-refractivity contribution in [2.75, 3.05) is 17.3 Å². The second-order valence-electron chi connectivity index (χ2n) is 6.39. The molecule has 3 nitrogen and oxygen atoms in total. The number of benzene rings is 2. The Hall–Kier alpha value is -1.94. The fourth-order valence-electron chi connectivity index (χ4n) is 2.79. The molecule has 2 aromatic carbocycles. The third-order valence-electron chi connectivity index (χ3n) is 4.10. The minimum atomic E-state index is 0.292. The third kappa shape index (κ3) is 4.12. The molecule has 0 bridgehead atoms. The number of nitrogens with one attached hydrogen (secondary N) is 1. The Morgan fingerprint density at radius 2 is 1.92 bits per heavy atom. The molecule has 0 aliphatic rings. The van der Waals surface area contributed by atoms with Crippen molar-refractivity contribution in [3.05, 3.63) is 59.7 Å². The van der Waals surface area contributed by atoms with E-state index in [1.165, 1.54) is 11.1 Å². The summed E-state index contributed by atoms with van der Waals surface area (Å²) in [5, 5.41) is 3.47. The number of aromatic nitrogens is 1. The van der Waals surface area contributed by atoms with Crippen molar-refractivity contribution in [1.82, 2.24) is 4.98 Å². The van der Waals surface area contributed by atoms with E-state index in [1.807, 2.05) is 23.9 Å². The number of anilines is 1. The lowest BCUT2D eigenvalue weighted by Crippen LogP contribution is -2.25. The molecule has 0 aliphatic carbocycles. The molecule has 0 fully saturated rings. The maximum absolute atomic E-state index is 5.89. The van der Waals surface area contributed by atoms with Gasteiger partial charge in [0.25, 0.3) is 6.01 Å². The average Bonchev–Trinajstić information content (AvgIpc) is 2.97. The lowest BCUT2D eigenvalue weighted by molar-refractivity contribution is 0.600. The van der Waals surface area contributed by atoms with Crippen molar-refractivity contribution < 1.29 is 4.42 Å². The highest BCUT2D eigenvalue weighted by Gasteiger charge is 2.14. The van der Waals surface area contributed by atoms with E-state index in [-0.39, 0.29) is 0 Å². The van der Waals surface area contributed by atoms with Gasteiger partial charge < -0.3 is 9.73 Å². The first kappa shape index (κ1) is 16.9. The van der Waals surface area contributed by atoms with Gasteiger partial charge in [-0.05, 0) is 41.9 Å². The topological polar surface area (TPSA) is 38.1 Å². The van der Waals surface area contributed by atoms with Gasteiger partial charge in [-0.25, -0.2) is 0 Å². The Morgan fingerprint density at radius 3 is 2.62 bits per heavy atom. The first-order valence-electron chi connectivity index (χ1n) is 8.35. The first-order chi connectivity index (χ1) is 11.7. The zero-order valence-electron chi connectivity index (χ0n) is 14.5. The molecular weight excluding hydrogens is 316 g/mol. The quantitative estimate of drug-likeness (QED) is 0.630. The molecule has 3 aromatic rings. The number of rotatable bonds is 7. The molecule has 0 saturated heterocycles. The largest absolute Gasteiger partial charge is 0.424 e. The van der Waals surface area contributed by atoms with Crippen LogP contribution in [0.15, 0.2) is 52.9 Å². The van der Waals surface area contributed by atoms with Crippen molar-refractivity contribution >= 4 is 28.9 Å². The smallest absolute Gasteiger partial charge is 0.295 e. The van der Waals surface area contributed by atoms with Crippen molar-refractivity contribution in [1.29, 1.82) is 0 Å². The van der Waals surface area contributed by atoms with E-state index >= 15 is 0 Å². The Balaban J connectivity index is 1.77. The van der Waals surface area contributed by atoms with Gasteiger partial charge in [0.15, 0.2) is 5.58 Å². The van der Waals surface area contributed by atoms with Crippen LogP contribution in [0.3, 0.4) is 0 Å². The highest BCUT2D eigenvalue weighted by atomic mass is 32.2. The molecular formula is C20H24N2OS. The summed E-state index contributed by atoms with van der Waals surface area (Å²) in [6.45, 7) is 4.38. The van der Waals surface area contributed by atoms with Gasteiger partial charge in [-0.15, -0.1) is 0 Å². The number of hydrogen-bond acceptors (Lipinski definition) is 4. The van der Waals surface area contributed by atoms with E-state index in [4.69, 9.17) is 4.42 Å². The molecule has 24 heavy (non-hydrogen) atoms. The monoisotopic (exact) mass is 340 g/mol. The minimum absolute atomic E-state index is 0.292. The summed E-state index contributed by atoms with van der Waals surface area (Å²) in [7, 11) is 0. The van der Waals surface area contributed by atoms with Crippen molar-refractivity contribution in [3.8, 4) is 0 Å². The van der Waals surface area contributed by atoms with Crippen LogP contribution in [0, 0.1) is 0 Å². The van der Waals surface area contributed by atoms with Crippen molar-refractivity contribution in [2.24, 2.45) is 0 Å². The third-order valence-corrected chi connectivity index (χ3v) is 4.83. The van der Waals surface area contributed by atoms with Gasteiger partial charge in [-0.2, -0.15) is 16.7 Å². The van der Waals surface area contributed by atoms with Crippen LogP contribution in [0.1, 0.15) is 30.9 Å². The van der Waals surface area contributed by atoms with E-state index in [0.717, 1.165) is 23.3 Å². The van der Waals surface area contributed by atoms with Gasteiger partial charge in [0.2, 0.25) is 0 Å². The van der Waals surface area contributed by atoms with Crippen LogP contribution < -0.4 is 5.32 Å². The summed E-state index contributed by atoms with van der Waals surface area (Å²) in [5.41, 5.74) is 4.37. The summed E-state index contributed by atoms with van der Waals surface area (Å²) < 4.78 is 5.89. The van der Waals surface area contributed by atoms with E-state index in [1.54, 1.807) is 0 Å². The van der Waals surface area contributed by atoms with E-state index in [0.29, 0.717) is 18.0 Å². The maximum Gasteiger partial charge on any atom is 0.295 e. The van der Waals surface area contributed by atoms with Gasteiger partial charge in [-0.3, -0.25) is 0 Å². The summed E-state index contributed by atoms with van der Waals surface area (Å²) in [5.74, 6) is 1.50. The summed E-state index contributed by atoms with van der Waals surface area (Å²) in [4.78, 5) is 4.63. The summed E-state index contributed by atoms with van der Waals surface area (Å²) >= 11 is 1.83. The van der Waals surface area contributed by atoms with E-state index in [2.05, 4.69) is 66.8 Å². The van der Waals surface area contributed by atoms with Gasteiger partial charge in [-0.1, -0.05) is 50.2 Å². The molecule has 1 unspecified atom stereocenters. The minimum Gasteiger partial charge on any atom is -0.424 e. The number of oxazole rings is 1. The van der Waals surface area contributed by atoms with Crippen LogP contribution in [0.25, 0.3) is 11.1 Å². The summed E-state index contributed by atoms with van der Waals surface area (Å²) in [6.07, 6.45) is 3.08. The first-order valence-corrected chi connectivity index (χ1v) is 9.75. The lowest BCUT2D eigenvalue weighted by Gasteiger charge is -2.16. The maximum atomic E-state index is 5.89. The fraction of sp³-hybridized carbons (Fsp3) is 0.350. The molecule has 0 spiro atoms. The SMILES string of the molecule is CSCC(Cc1ccccc1)Nc1nc2cc(C(C)C)ccc2o1. The lowest BCUT2D eigenvalue weighted by atomic mass is 10.0.